The molecule has 2 aromatic carbocycles. The van der Waals surface area contributed by atoms with Crippen molar-refractivity contribution in [2.75, 3.05) is 29.0 Å². The van der Waals surface area contributed by atoms with E-state index in [0.717, 1.165) is 29.2 Å². The van der Waals surface area contributed by atoms with E-state index in [1.165, 1.54) is 19.3 Å². The van der Waals surface area contributed by atoms with Crippen molar-refractivity contribution in [1.82, 2.24) is 0 Å². The molecule has 2 heterocycles. The van der Waals surface area contributed by atoms with Crippen LogP contribution in [0.15, 0.2) is 60.0 Å². The van der Waals surface area contributed by atoms with Crippen LogP contribution in [-0.2, 0) is 4.74 Å². The molecule has 1 aliphatic rings. The first kappa shape index (κ1) is 26.1. The number of aromatic carboxylic acids is 1. The Balaban J connectivity index is 0.000000203. The number of amides is 1. The Morgan fingerprint density at radius 1 is 1.03 bits per heavy atom. The van der Waals surface area contributed by atoms with Crippen LogP contribution in [0.3, 0.4) is 0 Å². The van der Waals surface area contributed by atoms with Crippen LogP contribution in [-0.4, -0.2) is 35.9 Å². The monoisotopic (exact) mass is 495 g/mol. The second-order valence-corrected chi connectivity index (χ2v) is 10.3. The molecule has 4 rings (SSSR count). The van der Waals surface area contributed by atoms with Gasteiger partial charge in [0.1, 0.15) is 5.60 Å². The van der Waals surface area contributed by atoms with E-state index in [1.807, 2.05) is 62.5 Å². The number of hydrogen-bond acceptors (Lipinski definition) is 6. The maximum atomic E-state index is 11.7. The van der Waals surface area contributed by atoms with Crippen LogP contribution >= 0.6 is 11.3 Å². The van der Waals surface area contributed by atoms with E-state index < -0.39 is 17.7 Å². The molecule has 0 saturated carbocycles. The Morgan fingerprint density at radius 2 is 1.71 bits per heavy atom. The maximum absolute atomic E-state index is 11.7. The Bertz CT molecular complexity index is 1120. The summed E-state index contributed by atoms with van der Waals surface area (Å²) in [5.74, 6) is -0.861. The molecule has 1 fully saturated rings. The summed E-state index contributed by atoms with van der Waals surface area (Å²) in [6, 6.07) is 16.7. The van der Waals surface area contributed by atoms with Gasteiger partial charge in [-0.1, -0.05) is 12.1 Å². The zero-order valence-electron chi connectivity index (χ0n) is 20.4. The van der Waals surface area contributed by atoms with Gasteiger partial charge < -0.3 is 20.5 Å². The first-order chi connectivity index (χ1) is 16.6. The second-order valence-electron chi connectivity index (χ2n) is 9.31. The molecule has 0 unspecified atom stereocenters. The van der Waals surface area contributed by atoms with Crippen LogP contribution < -0.4 is 16.0 Å². The number of thiophene rings is 1. The summed E-state index contributed by atoms with van der Waals surface area (Å²) in [5, 5.41) is 13.4. The summed E-state index contributed by atoms with van der Waals surface area (Å²) >= 11 is 1.64. The molecule has 0 spiro atoms. The minimum absolute atomic E-state index is 0.357. The molecule has 3 aromatic rings. The van der Waals surface area contributed by atoms with Crippen molar-refractivity contribution in [2.45, 2.75) is 45.6 Å². The quantitative estimate of drug-likeness (QED) is 0.347. The van der Waals surface area contributed by atoms with E-state index >= 15 is 0 Å². The van der Waals surface area contributed by atoms with Crippen molar-refractivity contribution in [2.24, 2.45) is 0 Å². The molecule has 4 N–H and O–H groups in total. The van der Waals surface area contributed by atoms with Crippen LogP contribution in [0.1, 0.15) is 50.4 Å². The van der Waals surface area contributed by atoms with E-state index in [4.69, 9.17) is 15.6 Å². The number of benzene rings is 2. The summed E-state index contributed by atoms with van der Waals surface area (Å²) in [6.45, 7) is 7.63. The number of carbonyl (C=O) groups excluding carboxylic acids is 1. The predicted molar refractivity (Wildman–Crippen MR) is 143 cm³/mol. The van der Waals surface area contributed by atoms with Crippen molar-refractivity contribution in [1.29, 1.82) is 0 Å². The van der Waals surface area contributed by atoms with Gasteiger partial charge in [-0.25, -0.2) is 9.59 Å². The van der Waals surface area contributed by atoms with Crippen molar-refractivity contribution >= 4 is 40.5 Å². The number of hydrogen-bond donors (Lipinski definition) is 3. The molecule has 0 atom stereocenters. The number of ether oxygens (including phenoxy) is 1. The number of carboxylic acid groups (broad SMARTS) is 1. The average Bonchev–Trinajstić information content (AvgIpc) is 3.35. The number of piperidine rings is 1. The smallest absolute Gasteiger partial charge is 0.412 e. The third-order valence-corrected chi connectivity index (χ3v) is 6.25. The van der Waals surface area contributed by atoms with Gasteiger partial charge in [-0.2, -0.15) is 0 Å². The fraction of sp³-hybridized carbons (Fsp3) is 0.333. The van der Waals surface area contributed by atoms with E-state index in [2.05, 4.69) is 10.2 Å². The van der Waals surface area contributed by atoms with Crippen molar-refractivity contribution < 1.29 is 19.4 Å². The Morgan fingerprint density at radius 3 is 2.26 bits per heavy atom. The van der Waals surface area contributed by atoms with E-state index in [0.29, 0.717) is 16.9 Å². The topological polar surface area (TPSA) is 105 Å². The minimum Gasteiger partial charge on any atom is -0.478 e. The van der Waals surface area contributed by atoms with E-state index in [9.17, 15) is 9.59 Å². The SMILES string of the molecule is CC(C)(C)OC(=O)Nc1ccc(-c2cccs2)cc1N.O=C(O)c1ccc(N2CCCCC2)cc1. The average molecular weight is 496 g/mol. The highest BCUT2D eigenvalue weighted by Gasteiger charge is 2.17. The van der Waals surface area contributed by atoms with Crippen LogP contribution in [0.5, 0.6) is 0 Å². The molecule has 1 saturated heterocycles. The molecule has 0 bridgehead atoms. The number of rotatable bonds is 4. The molecule has 8 heteroatoms. The van der Waals surface area contributed by atoms with Gasteiger partial charge in [0.15, 0.2) is 0 Å². The van der Waals surface area contributed by atoms with Crippen LogP contribution in [0.4, 0.5) is 21.9 Å². The number of carboxylic acids is 1. The number of nitrogen functional groups attached to an aromatic ring is 1. The lowest BCUT2D eigenvalue weighted by molar-refractivity contribution is 0.0634. The summed E-state index contributed by atoms with van der Waals surface area (Å²) in [6.07, 6.45) is 3.28. The Labute approximate surface area is 210 Å². The largest absolute Gasteiger partial charge is 0.478 e. The molecular formula is C27H33N3O4S. The van der Waals surface area contributed by atoms with Gasteiger partial charge in [0.2, 0.25) is 0 Å². The standard InChI is InChI=1S/C15H18N2O2S.C12H15NO2/c1-15(2,3)19-14(18)17-12-7-6-10(9-11(12)16)13-5-4-8-20-13;14-12(15)10-4-6-11(7-5-10)13-8-2-1-3-9-13/h4-9H,16H2,1-3H3,(H,17,18);4-7H,1-3,8-9H2,(H,14,15). The zero-order valence-corrected chi connectivity index (χ0v) is 21.2. The van der Waals surface area contributed by atoms with Gasteiger partial charge in [0, 0.05) is 23.7 Å². The molecule has 1 aromatic heterocycles. The van der Waals surface area contributed by atoms with Crippen LogP contribution in [0.2, 0.25) is 0 Å². The zero-order chi connectivity index (χ0) is 25.4. The van der Waals surface area contributed by atoms with Gasteiger partial charge in [0.05, 0.1) is 16.9 Å². The van der Waals surface area contributed by atoms with E-state index in [1.54, 1.807) is 29.5 Å². The van der Waals surface area contributed by atoms with Gasteiger partial charge >= 0.3 is 12.1 Å². The summed E-state index contributed by atoms with van der Waals surface area (Å²) in [4.78, 5) is 25.8. The highest BCUT2D eigenvalue weighted by Crippen LogP contribution is 2.30. The molecular weight excluding hydrogens is 462 g/mol. The molecule has 7 nitrogen and oxygen atoms in total. The molecule has 35 heavy (non-hydrogen) atoms. The molecule has 1 aliphatic heterocycles. The third-order valence-electron chi connectivity index (χ3n) is 5.33. The Kier molecular flexibility index (Phi) is 8.76. The molecule has 0 radical (unpaired) electrons. The lowest BCUT2D eigenvalue weighted by Crippen LogP contribution is -2.29. The van der Waals surface area contributed by atoms with Crippen molar-refractivity contribution in [3.05, 3.63) is 65.5 Å². The number of nitrogens with two attached hydrogens (primary N) is 1. The lowest BCUT2D eigenvalue weighted by Gasteiger charge is -2.28. The van der Waals surface area contributed by atoms with Crippen molar-refractivity contribution in [3.8, 4) is 10.4 Å². The highest BCUT2D eigenvalue weighted by molar-refractivity contribution is 7.13. The Hall–Kier alpha value is -3.52. The second kappa shape index (κ2) is 11.8. The molecule has 1 amide bonds. The first-order valence-electron chi connectivity index (χ1n) is 11.6. The maximum Gasteiger partial charge on any atom is 0.412 e. The van der Waals surface area contributed by atoms with E-state index in [-0.39, 0.29) is 0 Å². The fourth-order valence-electron chi connectivity index (χ4n) is 3.65. The van der Waals surface area contributed by atoms with Crippen LogP contribution in [0, 0.1) is 0 Å². The number of nitrogens with one attached hydrogen (secondary N) is 1. The number of anilines is 3. The van der Waals surface area contributed by atoms with Gasteiger partial charge in [-0.3, -0.25) is 5.32 Å². The molecule has 186 valence electrons. The minimum atomic E-state index is -0.861. The highest BCUT2D eigenvalue weighted by atomic mass is 32.1. The summed E-state index contributed by atoms with van der Waals surface area (Å²) in [7, 11) is 0. The normalized spacial score (nSPS) is 13.4. The van der Waals surface area contributed by atoms with Crippen molar-refractivity contribution in [3.63, 3.8) is 0 Å². The summed E-state index contributed by atoms with van der Waals surface area (Å²) in [5.41, 5.74) is 9.04. The fourth-order valence-corrected chi connectivity index (χ4v) is 4.38. The van der Waals surface area contributed by atoms with Crippen LogP contribution in [0.25, 0.3) is 10.4 Å². The molecule has 0 aliphatic carbocycles. The lowest BCUT2D eigenvalue weighted by atomic mass is 10.1. The number of carbonyl (C=O) groups is 2. The predicted octanol–water partition coefficient (Wildman–Crippen LogP) is 6.72. The summed E-state index contributed by atoms with van der Waals surface area (Å²) < 4.78 is 5.20. The first-order valence-corrected chi connectivity index (χ1v) is 12.5. The van der Waals surface area contributed by atoms with Gasteiger partial charge in [-0.15, -0.1) is 11.3 Å². The third kappa shape index (κ3) is 8.03. The van der Waals surface area contributed by atoms with Gasteiger partial charge in [0.25, 0.3) is 0 Å². The number of nitrogens with zero attached hydrogens (tertiary/aromatic N) is 1. The van der Waals surface area contributed by atoms with Gasteiger partial charge in [-0.05, 0) is 93.4 Å².